The number of aromatic amines is 1. The minimum atomic E-state index is -0.103. The minimum absolute atomic E-state index is 0.0785. The van der Waals surface area contributed by atoms with E-state index in [1.807, 2.05) is 11.4 Å². The molecule has 0 aliphatic heterocycles. The largest absolute Gasteiger partial charge is 0.353 e. The summed E-state index contributed by atoms with van der Waals surface area (Å²) in [6.45, 7) is 1.03. The number of H-pyrrole nitrogens is 1. The molecular weight excluding hydrogens is 276 g/mol. The Labute approximate surface area is 119 Å². The molecule has 1 saturated carbocycles. The Balaban J connectivity index is 1.49. The molecule has 0 atom stereocenters. The quantitative estimate of drug-likeness (QED) is 0.685. The van der Waals surface area contributed by atoms with Crippen LogP contribution in [0.2, 0.25) is 0 Å². The first-order valence-corrected chi connectivity index (χ1v) is 7.57. The van der Waals surface area contributed by atoms with E-state index in [0.717, 1.165) is 18.4 Å². The first-order valence-electron chi connectivity index (χ1n) is 6.69. The van der Waals surface area contributed by atoms with Crippen LogP contribution in [0.4, 0.5) is 0 Å². The van der Waals surface area contributed by atoms with E-state index in [-0.39, 0.29) is 11.5 Å². The van der Waals surface area contributed by atoms with Crippen LogP contribution in [0.5, 0.6) is 0 Å². The molecule has 0 aromatic carbocycles. The molecule has 3 N–H and O–H groups in total. The van der Waals surface area contributed by atoms with Crippen LogP contribution in [-0.4, -0.2) is 28.5 Å². The summed E-state index contributed by atoms with van der Waals surface area (Å²) in [6, 6.07) is 2.24. The van der Waals surface area contributed by atoms with Crippen molar-refractivity contribution in [2.24, 2.45) is 0 Å². The number of aromatic nitrogens is 2. The zero-order valence-corrected chi connectivity index (χ0v) is 11.8. The summed E-state index contributed by atoms with van der Waals surface area (Å²) in [5.41, 5.74) is 0.621. The van der Waals surface area contributed by atoms with Crippen LogP contribution in [0.25, 0.3) is 10.2 Å². The maximum absolute atomic E-state index is 11.8. The number of thiophene rings is 1. The summed E-state index contributed by atoms with van der Waals surface area (Å²) < 4.78 is 0.651. The first kappa shape index (κ1) is 13.3. The highest BCUT2D eigenvalue weighted by Crippen LogP contribution is 2.18. The number of amides is 1. The van der Waals surface area contributed by atoms with Crippen LogP contribution < -0.4 is 16.2 Å². The fraction of sp³-hybridized carbons (Fsp3) is 0.462. The van der Waals surface area contributed by atoms with Crippen molar-refractivity contribution in [3.8, 4) is 0 Å². The summed E-state index contributed by atoms with van der Waals surface area (Å²) in [4.78, 5) is 30.3. The normalized spacial score (nSPS) is 14.6. The van der Waals surface area contributed by atoms with E-state index in [4.69, 9.17) is 0 Å². The van der Waals surface area contributed by atoms with Gasteiger partial charge in [-0.15, -0.1) is 11.3 Å². The van der Waals surface area contributed by atoms with Crippen molar-refractivity contribution < 1.29 is 4.79 Å². The zero-order valence-electron chi connectivity index (χ0n) is 10.9. The second-order valence-corrected chi connectivity index (χ2v) is 5.83. The lowest BCUT2D eigenvalue weighted by atomic mass is 10.4. The third-order valence-corrected chi connectivity index (χ3v) is 4.03. The molecule has 0 unspecified atom stereocenters. The molecule has 20 heavy (non-hydrogen) atoms. The van der Waals surface area contributed by atoms with Gasteiger partial charge in [0.15, 0.2) is 0 Å². The number of hydrogen-bond acceptors (Lipinski definition) is 5. The van der Waals surface area contributed by atoms with E-state index >= 15 is 0 Å². The predicted molar refractivity (Wildman–Crippen MR) is 77.7 cm³/mol. The van der Waals surface area contributed by atoms with Gasteiger partial charge in [0.25, 0.3) is 5.56 Å². The SMILES string of the molecule is O=C(CCNCc1nc2ccsc2c(=O)[nH]1)NC1CC1. The van der Waals surface area contributed by atoms with Gasteiger partial charge in [-0.25, -0.2) is 4.98 Å². The third-order valence-electron chi connectivity index (χ3n) is 3.13. The Morgan fingerprint density at radius 2 is 2.35 bits per heavy atom. The molecule has 3 rings (SSSR count). The average molecular weight is 292 g/mol. The summed E-state index contributed by atoms with van der Waals surface area (Å²) in [5, 5.41) is 7.91. The lowest BCUT2D eigenvalue weighted by Gasteiger charge is -2.05. The maximum Gasteiger partial charge on any atom is 0.268 e. The molecule has 7 heteroatoms. The Hall–Kier alpha value is -1.73. The van der Waals surface area contributed by atoms with Crippen LogP contribution >= 0.6 is 11.3 Å². The van der Waals surface area contributed by atoms with Crippen molar-refractivity contribution >= 4 is 27.5 Å². The lowest BCUT2D eigenvalue weighted by molar-refractivity contribution is -0.121. The van der Waals surface area contributed by atoms with Crippen LogP contribution in [0, 0.1) is 0 Å². The van der Waals surface area contributed by atoms with Crippen molar-refractivity contribution in [1.29, 1.82) is 0 Å². The van der Waals surface area contributed by atoms with Crippen molar-refractivity contribution in [2.45, 2.75) is 31.8 Å². The summed E-state index contributed by atoms with van der Waals surface area (Å²) in [6.07, 6.45) is 2.65. The van der Waals surface area contributed by atoms with Gasteiger partial charge in [0.1, 0.15) is 10.5 Å². The number of hydrogen-bond donors (Lipinski definition) is 3. The highest BCUT2D eigenvalue weighted by molar-refractivity contribution is 7.17. The fourth-order valence-electron chi connectivity index (χ4n) is 1.94. The van der Waals surface area contributed by atoms with Gasteiger partial charge in [0, 0.05) is 19.0 Å². The van der Waals surface area contributed by atoms with Crippen molar-refractivity contribution in [3.63, 3.8) is 0 Å². The molecule has 1 fully saturated rings. The van der Waals surface area contributed by atoms with Gasteiger partial charge in [0.2, 0.25) is 5.91 Å². The van der Waals surface area contributed by atoms with Crippen molar-refractivity contribution in [3.05, 3.63) is 27.6 Å². The van der Waals surface area contributed by atoms with E-state index in [2.05, 4.69) is 20.6 Å². The molecule has 1 aliphatic carbocycles. The number of nitrogens with zero attached hydrogens (tertiary/aromatic N) is 1. The predicted octanol–water partition coefficient (Wildman–Crippen LogP) is 0.743. The molecule has 1 amide bonds. The van der Waals surface area contributed by atoms with Gasteiger partial charge < -0.3 is 15.6 Å². The zero-order chi connectivity index (χ0) is 13.9. The Kier molecular flexibility index (Phi) is 3.79. The molecule has 0 radical (unpaired) electrons. The van der Waals surface area contributed by atoms with Gasteiger partial charge in [-0.1, -0.05) is 0 Å². The average Bonchev–Trinajstić information content (AvgIpc) is 3.09. The molecule has 0 saturated heterocycles. The van der Waals surface area contributed by atoms with Gasteiger partial charge >= 0.3 is 0 Å². The molecule has 2 heterocycles. The first-order chi connectivity index (χ1) is 9.72. The Bertz CT molecular complexity index is 674. The van der Waals surface area contributed by atoms with Crippen LogP contribution in [0.15, 0.2) is 16.2 Å². The summed E-state index contributed by atoms with van der Waals surface area (Å²) in [5.74, 6) is 0.679. The van der Waals surface area contributed by atoms with E-state index in [1.165, 1.54) is 11.3 Å². The van der Waals surface area contributed by atoms with E-state index in [0.29, 0.717) is 36.1 Å². The monoisotopic (exact) mass is 292 g/mol. The fourth-order valence-corrected chi connectivity index (χ4v) is 2.67. The summed E-state index contributed by atoms with van der Waals surface area (Å²) >= 11 is 1.39. The maximum atomic E-state index is 11.8. The Morgan fingerprint density at radius 3 is 3.15 bits per heavy atom. The number of carbonyl (C=O) groups is 1. The standard InChI is InChI=1S/C13H16N4O2S/c18-11(15-8-1-2-8)3-5-14-7-10-16-9-4-6-20-12(9)13(19)17-10/h4,6,8,14H,1-3,5,7H2,(H,15,18)(H,16,17,19). The highest BCUT2D eigenvalue weighted by Gasteiger charge is 2.22. The molecule has 0 spiro atoms. The van der Waals surface area contributed by atoms with Crippen LogP contribution in [0.3, 0.4) is 0 Å². The van der Waals surface area contributed by atoms with Crippen molar-refractivity contribution in [2.75, 3.05) is 6.54 Å². The van der Waals surface area contributed by atoms with Crippen molar-refractivity contribution in [1.82, 2.24) is 20.6 Å². The molecule has 0 bridgehead atoms. The second-order valence-electron chi connectivity index (χ2n) is 4.92. The van der Waals surface area contributed by atoms with Crippen LogP contribution in [-0.2, 0) is 11.3 Å². The van der Waals surface area contributed by atoms with Gasteiger partial charge in [-0.3, -0.25) is 9.59 Å². The van der Waals surface area contributed by atoms with E-state index < -0.39 is 0 Å². The highest BCUT2D eigenvalue weighted by atomic mass is 32.1. The molecule has 2 aromatic heterocycles. The smallest absolute Gasteiger partial charge is 0.268 e. The molecule has 2 aromatic rings. The van der Waals surface area contributed by atoms with E-state index in [1.54, 1.807) is 0 Å². The van der Waals surface area contributed by atoms with Gasteiger partial charge in [-0.05, 0) is 24.3 Å². The molecule has 6 nitrogen and oxygen atoms in total. The topological polar surface area (TPSA) is 86.9 Å². The molecule has 106 valence electrons. The second kappa shape index (κ2) is 5.72. The molecule has 1 aliphatic rings. The van der Waals surface area contributed by atoms with Crippen LogP contribution in [0.1, 0.15) is 25.1 Å². The minimum Gasteiger partial charge on any atom is -0.353 e. The lowest BCUT2D eigenvalue weighted by Crippen LogP contribution is -2.29. The van der Waals surface area contributed by atoms with Gasteiger partial charge in [-0.2, -0.15) is 0 Å². The van der Waals surface area contributed by atoms with Gasteiger partial charge in [0.05, 0.1) is 12.1 Å². The van der Waals surface area contributed by atoms with E-state index in [9.17, 15) is 9.59 Å². The Morgan fingerprint density at radius 1 is 1.50 bits per heavy atom. The number of fused-ring (bicyclic) bond motifs is 1. The summed E-state index contributed by atoms with van der Waals surface area (Å²) in [7, 11) is 0. The third kappa shape index (κ3) is 3.23. The number of carbonyl (C=O) groups excluding carboxylic acids is 1. The molecular formula is C13H16N4O2S. The number of rotatable bonds is 6. The number of nitrogens with one attached hydrogen (secondary N) is 3.